The molecule has 4 heterocycles. The summed E-state index contributed by atoms with van der Waals surface area (Å²) in [6.07, 6.45) is 11.6. The second-order valence-electron chi connectivity index (χ2n) is 15.7. The second kappa shape index (κ2) is 25.5. The summed E-state index contributed by atoms with van der Waals surface area (Å²) in [4.78, 5) is 30.0. The predicted octanol–water partition coefficient (Wildman–Crippen LogP) is 10.6. The molecule has 12 nitrogen and oxygen atoms in total. The minimum absolute atomic E-state index is 0.0213. The smallest absolute Gasteiger partial charge is 0.183 e. The lowest BCUT2D eigenvalue weighted by Crippen LogP contribution is -2.29. The highest BCUT2D eigenvalue weighted by Gasteiger charge is 2.24. The number of aliphatic hydroxyl groups is 2. The predicted molar refractivity (Wildman–Crippen MR) is 273 cm³/mol. The minimum atomic E-state index is -0.0213. The molecule has 0 saturated carbocycles. The number of aliphatic hydroxyl groups excluding tert-OH is 2. The Hall–Kier alpha value is -6.58. The third-order valence-electron chi connectivity index (χ3n) is 10.9. The van der Waals surface area contributed by atoms with Crippen LogP contribution >= 0.6 is 22.7 Å². The van der Waals surface area contributed by atoms with Crippen molar-refractivity contribution >= 4 is 70.9 Å². The number of nitrogens with zero attached hydrogens (tertiary/aromatic N) is 2. The van der Waals surface area contributed by atoms with Crippen molar-refractivity contribution in [3.8, 4) is 34.5 Å². The van der Waals surface area contributed by atoms with E-state index in [0.29, 0.717) is 91.2 Å². The zero-order chi connectivity index (χ0) is 47.5. The highest BCUT2D eigenvalue weighted by atomic mass is 32.1. The van der Waals surface area contributed by atoms with Gasteiger partial charge < -0.3 is 48.4 Å². The Balaban J connectivity index is 0.000000201. The van der Waals surface area contributed by atoms with Gasteiger partial charge in [0, 0.05) is 60.8 Å². The maximum atomic E-state index is 11.5. The average Bonchev–Trinajstić information content (AvgIpc) is 3.94. The highest BCUT2D eigenvalue weighted by molar-refractivity contribution is 7.15. The van der Waals surface area contributed by atoms with E-state index in [9.17, 15) is 19.8 Å². The molecule has 0 radical (unpaired) electrons. The van der Waals surface area contributed by atoms with Gasteiger partial charge in [0.05, 0.1) is 23.0 Å². The number of carbonyl (C=O) groups excluding carboxylic acids is 2. The molecule has 0 fully saturated rings. The third-order valence-corrected chi connectivity index (χ3v) is 13.0. The molecule has 0 spiro atoms. The number of aldehydes is 2. The maximum absolute atomic E-state index is 11.5. The molecule has 0 unspecified atom stereocenters. The highest BCUT2D eigenvalue weighted by Crippen LogP contribution is 2.45. The van der Waals surface area contributed by atoms with Gasteiger partial charge in [0.25, 0.3) is 0 Å². The molecule has 0 aliphatic carbocycles. The molecule has 2 N–H and O–H groups in total. The Morgan fingerprint density at radius 3 is 1.26 bits per heavy atom. The molecule has 2 aliphatic heterocycles. The number of benzene rings is 4. The number of carbonyl (C=O) groups is 2. The molecule has 0 saturated heterocycles. The summed E-state index contributed by atoms with van der Waals surface area (Å²) in [6.45, 7) is 9.87. The number of rotatable bonds is 22. The largest absolute Gasteiger partial charge is 0.488 e. The van der Waals surface area contributed by atoms with E-state index >= 15 is 0 Å². The Labute approximate surface area is 406 Å². The van der Waals surface area contributed by atoms with Crippen molar-refractivity contribution in [2.75, 3.05) is 75.6 Å². The van der Waals surface area contributed by atoms with Crippen LogP contribution in [-0.4, -0.2) is 88.6 Å². The van der Waals surface area contributed by atoms with Gasteiger partial charge in [-0.3, -0.25) is 9.59 Å². The van der Waals surface area contributed by atoms with Gasteiger partial charge in [-0.25, -0.2) is 0 Å². The quantitative estimate of drug-likeness (QED) is 0.0627. The number of anilines is 2. The van der Waals surface area contributed by atoms with Crippen LogP contribution in [0.3, 0.4) is 0 Å². The first-order valence-corrected chi connectivity index (χ1v) is 24.5. The van der Waals surface area contributed by atoms with E-state index in [1.165, 1.54) is 22.7 Å². The standard InChI is InChI=1S/C28H31NO4S.C26H27NO6S/c1-3-14-29(15-4-2)23-12-10-22(24(18-23)33-20-21-8-6-5-7-9-21)11-13-25-27-28(26(19-30)34-25)32-17-16-31-27;28-12-10-27(11-13-29)21-8-6-20(22(16-21)33-18-19-4-2-1-3-5-19)7-9-23-25-26(24(17-30)34-23)32-15-14-31-25/h5-13,18-19H,3-4,14-17,20H2,1-2H3;1-9,16-17,28-29H,10-15,18H2/b13-11+;9-7+. The van der Waals surface area contributed by atoms with E-state index in [2.05, 4.69) is 49.1 Å². The van der Waals surface area contributed by atoms with Crippen LogP contribution in [0.5, 0.6) is 34.5 Å². The van der Waals surface area contributed by atoms with Gasteiger partial charge in [-0.05, 0) is 72.5 Å². The van der Waals surface area contributed by atoms with Crippen molar-refractivity contribution in [2.45, 2.75) is 39.9 Å². The molecular weight excluding hydrogens is 901 g/mol. The SMILES string of the molecule is CCCN(CCC)c1ccc(/C=C/c2sc(C=O)c3c2OCCO3)c(OCc2ccccc2)c1.O=Cc1sc(/C=C/c2ccc(N(CCO)CCO)cc2OCc2ccccc2)c2c1OCCO2. The third kappa shape index (κ3) is 12.9. The molecule has 0 amide bonds. The Bertz CT molecular complexity index is 2420. The van der Waals surface area contributed by atoms with Crippen molar-refractivity contribution in [1.29, 1.82) is 0 Å². The van der Waals surface area contributed by atoms with Crippen LogP contribution in [0.2, 0.25) is 0 Å². The summed E-state index contributed by atoms with van der Waals surface area (Å²) >= 11 is 2.70. The minimum Gasteiger partial charge on any atom is -0.488 e. The number of hydrogen-bond donors (Lipinski definition) is 2. The van der Waals surface area contributed by atoms with Gasteiger partial charge in [-0.1, -0.05) is 74.5 Å². The fourth-order valence-corrected chi connectivity index (χ4v) is 9.47. The van der Waals surface area contributed by atoms with E-state index in [1.54, 1.807) is 0 Å². The summed E-state index contributed by atoms with van der Waals surface area (Å²) in [5, 5.41) is 18.8. The lowest BCUT2D eigenvalue weighted by Gasteiger charge is -2.25. The first-order valence-electron chi connectivity index (χ1n) is 22.9. The van der Waals surface area contributed by atoms with Crippen LogP contribution in [-0.2, 0) is 13.2 Å². The number of fused-ring (bicyclic) bond motifs is 2. The van der Waals surface area contributed by atoms with Crippen molar-refractivity contribution in [2.24, 2.45) is 0 Å². The van der Waals surface area contributed by atoms with Crippen molar-refractivity contribution in [3.63, 3.8) is 0 Å². The average molecular weight is 959 g/mol. The molecule has 14 heteroatoms. The van der Waals surface area contributed by atoms with E-state index in [4.69, 9.17) is 28.4 Å². The number of hydrogen-bond acceptors (Lipinski definition) is 14. The molecule has 356 valence electrons. The topological polar surface area (TPSA) is 136 Å². The van der Waals surface area contributed by atoms with Gasteiger partial charge in [0.2, 0.25) is 0 Å². The van der Waals surface area contributed by atoms with E-state index in [0.717, 1.165) is 87.6 Å². The van der Waals surface area contributed by atoms with Crippen molar-refractivity contribution < 1.29 is 48.2 Å². The van der Waals surface area contributed by atoms with E-state index in [1.807, 2.05) is 95.9 Å². The molecule has 6 aromatic rings. The molecule has 8 rings (SSSR count). The Morgan fingerprint density at radius 2 is 0.897 bits per heavy atom. The fraction of sp³-hybridized carbons (Fsp3) is 0.296. The molecule has 2 aliphatic rings. The number of ether oxygens (including phenoxy) is 6. The Kier molecular flexibility index (Phi) is 18.5. The first-order chi connectivity index (χ1) is 33.5. The lowest BCUT2D eigenvalue weighted by molar-refractivity contribution is 0.110. The van der Waals surface area contributed by atoms with Crippen molar-refractivity contribution in [3.05, 3.63) is 139 Å². The van der Waals surface area contributed by atoms with Crippen molar-refractivity contribution in [1.82, 2.24) is 0 Å². The summed E-state index contributed by atoms with van der Waals surface area (Å²) in [6, 6.07) is 32.2. The molecule has 68 heavy (non-hydrogen) atoms. The summed E-state index contributed by atoms with van der Waals surface area (Å²) < 4.78 is 35.3. The van der Waals surface area contributed by atoms with Crippen LogP contribution in [0, 0.1) is 0 Å². The normalized spacial score (nSPS) is 12.6. The zero-order valence-corrected chi connectivity index (χ0v) is 40.1. The van der Waals surface area contributed by atoms with Crippen LogP contribution in [0.1, 0.15) is 78.0 Å². The van der Waals surface area contributed by atoms with Gasteiger partial charge in [-0.15, -0.1) is 22.7 Å². The van der Waals surface area contributed by atoms with Crippen LogP contribution < -0.4 is 38.2 Å². The molecule has 4 aromatic carbocycles. The maximum Gasteiger partial charge on any atom is 0.183 e. The summed E-state index contributed by atoms with van der Waals surface area (Å²) in [7, 11) is 0. The van der Waals surface area contributed by atoms with E-state index < -0.39 is 0 Å². The van der Waals surface area contributed by atoms with Crippen LogP contribution in [0.4, 0.5) is 11.4 Å². The number of thiophene rings is 2. The second-order valence-corrected chi connectivity index (χ2v) is 17.9. The zero-order valence-electron chi connectivity index (χ0n) is 38.5. The fourth-order valence-electron chi connectivity index (χ4n) is 7.65. The molecule has 0 atom stereocenters. The monoisotopic (exact) mass is 958 g/mol. The van der Waals surface area contributed by atoms with Gasteiger partial charge in [0.15, 0.2) is 35.6 Å². The summed E-state index contributed by atoms with van der Waals surface area (Å²) in [5.74, 6) is 3.79. The molecular formula is C54H58N2O10S2. The summed E-state index contributed by atoms with van der Waals surface area (Å²) in [5.41, 5.74) is 5.99. The van der Waals surface area contributed by atoms with Gasteiger partial charge >= 0.3 is 0 Å². The lowest BCUT2D eigenvalue weighted by atomic mass is 10.1. The van der Waals surface area contributed by atoms with Gasteiger partial charge in [-0.2, -0.15) is 0 Å². The molecule has 0 bridgehead atoms. The van der Waals surface area contributed by atoms with Gasteiger partial charge in [0.1, 0.15) is 60.9 Å². The first kappa shape index (κ1) is 49.3. The molecule has 2 aromatic heterocycles. The van der Waals surface area contributed by atoms with Crippen LogP contribution in [0.15, 0.2) is 97.1 Å². The van der Waals surface area contributed by atoms with E-state index in [-0.39, 0.29) is 13.2 Å². The Morgan fingerprint density at radius 1 is 0.515 bits per heavy atom. The van der Waals surface area contributed by atoms with Crippen LogP contribution in [0.25, 0.3) is 24.3 Å².